The maximum Gasteiger partial charge on any atom is 2.00 e. The van der Waals surface area contributed by atoms with Gasteiger partial charge in [0.05, 0.1) is 24.0 Å². The summed E-state index contributed by atoms with van der Waals surface area (Å²) in [5.74, 6) is -2.17. The molecule has 0 saturated heterocycles. The predicted molar refractivity (Wildman–Crippen MR) is 132 cm³/mol. The maximum absolute atomic E-state index is 10.9. The van der Waals surface area contributed by atoms with E-state index in [0.717, 1.165) is 11.5 Å². The molecule has 0 bridgehead atoms. The smallest absolute Gasteiger partial charge is 0.548 e. The van der Waals surface area contributed by atoms with E-state index in [9.17, 15) is 30.0 Å². The van der Waals surface area contributed by atoms with Crippen LogP contribution >= 0.6 is 23.5 Å². The summed E-state index contributed by atoms with van der Waals surface area (Å²) in [4.78, 5) is 21.9. The number of aliphatic hydroxyl groups is 2. The van der Waals surface area contributed by atoms with Gasteiger partial charge in [-0.05, 0) is 60.2 Å². The maximum atomic E-state index is 10.9. The number of aliphatic carboxylic acids is 2. The van der Waals surface area contributed by atoms with Crippen molar-refractivity contribution in [1.29, 1.82) is 0 Å². The van der Waals surface area contributed by atoms with Crippen molar-refractivity contribution >= 4 is 35.5 Å². The number of nitrogens with one attached hydrogen (secondary N) is 4. The van der Waals surface area contributed by atoms with Crippen molar-refractivity contribution < 1.29 is 49.5 Å². The van der Waals surface area contributed by atoms with Crippen LogP contribution in [0.3, 0.4) is 0 Å². The topological polar surface area (TPSA) is 169 Å². The van der Waals surface area contributed by atoms with Gasteiger partial charge in [-0.1, -0.05) is 26.0 Å². The van der Waals surface area contributed by atoms with Gasteiger partial charge < -0.3 is 40.6 Å². The average Bonchev–Trinajstić information content (AvgIpc) is 2.79. The third-order valence-corrected chi connectivity index (χ3v) is 6.43. The molecule has 0 saturated carbocycles. The number of carboxylic acid groups (broad SMARTS) is 2. The van der Waals surface area contributed by atoms with E-state index in [2.05, 4.69) is 21.3 Å². The van der Waals surface area contributed by atoms with Gasteiger partial charge in [0.15, 0.2) is 0 Å². The van der Waals surface area contributed by atoms with Crippen LogP contribution in [0.15, 0.2) is 48.9 Å². The monoisotopic (exact) mass is 578 g/mol. The summed E-state index contributed by atoms with van der Waals surface area (Å²) in [5.41, 5.74) is 0. The summed E-state index contributed by atoms with van der Waals surface area (Å²) < 4.78 is 0. The molecule has 192 valence electrons. The van der Waals surface area contributed by atoms with Crippen molar-refractivity contribution in [2.24, 2.45) is 0 Å². The molecular formula is C22H34N4O6S2Zn. The summed E-state index contributed by atoms with van der Waals surface area (Å²) in [5, 5.41) is 52.4. The van der Waals surface area contributed by atoms with Gasteiger partial charge in [-0.25, -0.2) is 0 Å². The quantitative estimate of drug-likeness (QED) is 0.0786. The molecule has 4 atom stereocenters. The van der Waals surface area contributed by atoms with E-state index < -0.39 is 35.7 Å². The second kappa shape index (κ2) is 18.0. The van der Waals surface area contributed by atoms with Crippen LogP contribution in [-0.4, -0.2) is 68.9 Å². The number of carbonyl (C=O) groups is 2. The molecule has 13 heteroatoms. The van der Waals surface area contributed by atoms with E-state index in [0.29, 0.717) is 24.3 Å². The van der Waals surface area contributed by atoms with E-state index in [1.54, 1.807) is 60.2 Å². The molecule has 0 aromatic rings. The largest absolute Gasteiger partial charge is 2.00 e. The summed E-state index contributed by atoms with van der Waals surface area (Å²) in [7, 11) is 0. The van der Waals surface area contributed by atoms with Gasteiger partial charge >= 0.3 is 19.5 Å². The number of allylic oxidation sites excluding steroid dienone is 4. The van der Waals surface area contributed by atoms with Crippen molar-refractivity contribution in [2.45, 2.75) is 50.5 Å². The molecule has 2 aliphatic rings. The van der Waals surface area contributed by atoms with E-state index >= 15 is 0 Å². The Labute approximate surface area is 227 Å². The fraction of sp³-hybridized carbons (Fsp3) is 0.545. The number of hydrogen-bond donors (Lipinski definition) is 6. The molecule has 0 fully saturated rings. The zero-order valence-electron chi connectivity index (χ0n) is 20.1. The molecule has 0 radical (unpaired) electrons. The summed E-state index contributed by atoms with van der Waals surface area (Å²) in [6, 6.07) is -1.77. The minimum atomic E-state index is -1.52. The second-order valence-corrected chi connectivity index (χ2v) is 10.0. The van der Waals surface area contributed by atoms with Crippen LogP contribution in [0.25, 0.3) is 0 Å². The molecule has 0 amide bonds. The number of hydrogen-bond acceptors (Lipinski definition) is 12. The Hall–Kier alpha value is -1.34. The molecule has 6 N–H and O–H groups in total. The minimum Gasteiger partial charge on any atom is -0.548 e. The van der Waals surface area contributed by atoms with Gasteiger partial charge in [-0.2, -0.15) is 23.5 Å². The standard InChI is InChI=1S/2C11H18N2O3S.Zn/c2*1-2-17-8-5-9(10(14)15)13-11(16)6-3-4-7-12-11;/h2*3-4,6-7,9,12-13,16H,2,5,8H2,1H3,(H,14,15);/q;;+2/p-2/t2*9-,11?;/m00./s1. The molecule has 2 aliphatic heterocycles. The van der Waals surface area contributed by atoms with Gasteiger partial charge in [0.2, 0.25) is 11.7 Å². The average molecular weight is 580 g/mol. The minimum absolute atomic E-state index is 0. The molecule has 0 spiro atoms. The Balaban J connectivity index is 0.000000642. The molecular weight excluding hydrogens is 546 g/mol. The molecule has 10 nitrogen and oxygen atoms in total. The Kier molecular flexibility index (Phi) is 17.3. The zero-order chi connectivity index (χ0) is 25.5. The van der Waals surface area contributed by atoms with Gasteiger partial charge in [-0.15, -0.1) is 0 Å². The first-order valence-corrected chi connectivity index (χ1v) is 13.3. The first-order chi connectivity index (χ1) is 16.1. The second-order valence-electron chi connectivity index (χ2n) is 7.26. The fourth-order valence-corrected chi connectivity index (χ4v) is 4.23. The molecule has 2 rings (SSSR count). The molecule has 2 heterocycles. The number of carbonyl (C=O) groups excluding carboxylic acids is 2. The molecule has 2 unspecified atom stereocenters. The summed E-state index contributed by atoms with van der Waals surface area (Å²) in [6.07, 6.45) is 13.5. The van der Waals surface area contributed by atoms with Gasteiger partial charge in [-0.3, -0.25) is 10.6 Å². The zero-order valence-corrected chi connectivity index (χ0v) is 24.7. The predicted octanol–water partition coefficient (Wildman–Crippen LogP) is -1.69. The number of dihydropyridines is 2. The van der Waals surface area contributed by atoms with E-state index in [1.807, 2.05) is 13.8 Å². The number of carboxylic acids is 2. The van der Waals surface area contributed by atoms with Crippen LogP contribution in [0, 0.1) is 0 Å². The number of thioether (sulfide) groups is 2. The Morgan fingerprint density at radius 1 is 0.829 bits per heavy atom. The fourth-order valence-electron chi connectivity index (χ4n) is 2.85. The van der Waals surface area contributed by atoms with Crippen molar-refractivity contribution in [2.75, 3.05) is 23.0 Å². The van der Waals surface area contributed by atoms with Gasteiger partial charge in [0.25, 0.3) is 0 Å². The third kappa shape index (κ3) is 14.1. The summed E-state index contributed by atoms with van der Waals surface area (Å²) in [6.45, 7) is 4.02. The van der Waals surface area contributed by atoms with Crippen molar-refractivity contribution in [3.63, 3.8) is 0 Å². The first-order valence-electron chi connectivity index (χ1n) is 11.0. The van der Waals surface area contributed by atoms with Crippen molar-refractivity contribution in [3.05, 3.63) is 48.9 Å². The van der Waals surface area contributed by atoms with Crippen molar-refractivity contribution in [3.8, 4) is 0 Å². The van der Waals surface area contributed by atoms with E-state index in [-0.39, 0.29) is 19.5 Å². The Morgan fingerprint density at radius 3 is 1.46 bits per heavy atom. The van der Waals surface area contributed by atoms with Crippen LogP contribution < -0.4 is 31.5 Å². The van der Waals surface area contributed by atoms with Crippen LogP contribution in [0.1, 0.15) is 26.7 Å². The van der Waals surface area contributed by atoms with Crippen LogP contribution in [0.2, 0.25) is 0 Å². The molecule has 0 aliphatic carbocycles. The molecule has 35 heavy (non-hydrogen) atoms. The normalized spacial score (nSPS) is 23.7. The number of rotatable bonds is 14. The Bertz CT molecular complexity index is 708. The third-order valence-electron chi connectivity index (χ3n) is 4.56. The van der Waals surface area contributed by atoms with Crippen molar-refractivity contribution in [1.82, 2.24) is 21.3 Å². The van der Waals surface area contributed by atoms with Crippen LogP contribution in [0.4, 0.5) is 0 Å². The molecule has 0 aromatic heterocycles. The van der Waals surface area contributed by atoms with E-state index in [1.165, 1.54) is 12.2 Å². The SMILES string of the molecule is CCSCC[C@H](NC1(O)C=CC=CN1)C(=O)[O-].CCSCC[C@H](NC1(O)C=CC=CN1)C(=O)[O-].[Zn+2]. The van der Waals surface area contributed by atoms with Crippen LogP contribution in [-0.2, 0) is 29.1 Å². The van der Waals surface area contributed by atoms with E-state index in [4.69, 9.17) is 0 Å². The first kappa shape index (κ1) is 33.7. The van der Waals surface area contributed by atoms with Crippen LogP contribution in [0.5, 0.6) is 0 Å². The molecule has 0 aromatic carbocycles. The van der Waals surface area contributed by atoms with Gasteiger partial charge in [0.1, 0.15) is 0 Å². The summed E-state index contributed by atoms with van der Waals surface area (Å²) >= 11 is 3.30. The Morgan fingerprint density at radius 2 is 1.20 bits per heavy atom. The van der Waals surface area contributed by atoms with Gasteiger partial charge in [0, 0.05) is 12.4 Å².